The maximum Gasteiger partial charge on any atom is 0.299 e. The van der Waals surface area contributed by atoms with Crippen LogP contribution in [0.5, 0.6) is 0 Å². The first-order valence-electron chi connectivity index (χ1n) is 10.1. The standard InChI is InChI=1S/C22H23F2N5O4/c1-11(2)28-17(30)6-3-12-7-15-19(25)18(22(32)29(33)20(15)26-9-12)21(31)27-10-13-4-5-14(23)8-16(13)24/h4-5,7-9,11,33H,3,6,10,25H2,1-2H3,(H,27,31)(H,28,30). The topological polar surface area (TPSA) is 139 Å². The number of carbonyl (C=O) groups excluding carboxylic acids is 2. The van der Waals surface area contributed by atoms with Gasteiger partial charge in [0.2, 0.25) is 5.91 Å². The number of rotatable bonds is 7. The number of anilines is 1. The van der Waals surface area contributed by atoms with Crippen LogP contribution in [0.4, 0.5) is 14.5 Å². The van der Waals surface area contributed by atoms with Crippen molar-refractivity contribution >= 4 is 28.5 Å². The van der Waals surface area contributed by atoms with Gasteiger partial charge in [0.1, 0.15) is 17.2 Å². The zero-order valence-electron chi connectivity index (χ0n) is 18.0. The summed E-state index contributed by atoms with van der Waals surface area (Å²) >= 11 is 0. The Morgan fingerprint density at radius 1 is 1.24 bits per heavy atom. The van der Waals surface area contributed by atoms with E-state index in [0.717, 1.165) is 12.1 Å². The Morgan fingerprint density at radius 2 is 1.97 bits per heavy atom. The third kappa shape index (κ3) is 5.25. The van der Waals surface area contributed by atoms with Gasteiger partial charge in [-0.2, -0.15) is 0 Å². The Balaban J connectivity index is 1.88. The summed E-state index contributed by atoms with van der Waals surface area (Å²) in [5, 5.41) is 15.5. The molecule has 0 spiro atoms. The molecule has 0 aliphatic carbocycles. The molecule has 3 aromatic rings. The molecule has 33 heavy (non-hydrogen) atoms. The first-order valence-corrected chi connectivity index (χ1v) is 10.1. The molecule has 2 aromatic heterocycles. The molecule has 0 fully saturated rings. The van der Waals surface area contributed by atoms with Crippen molar-refractivity contribution < 1.29 is 23.6 Å². The fourth-order valence-electron chi connectivity index (χ4n) is 3.26. The quantitative estimate of drug-likeness (QED) is 0.398. The number of halogens is 2. The van der Waals surface area contributed by atoms with Crippen molar-refractivity contribution in [1.82, 2.24) is 20.3 Å². The monoisotopic (exact) mass is 459 g/mol. The minimum Gasteiger partial charge on any atom is -0.423 e. The molecule has 11 heteroatoms. The molecule has 0 aliphatic rings. The second-order valence-corrected chi connectivity index (χ2v) is 7.76. The Kier molecular flexibility index (Phi) is 6.90. The molecule has 174 valence electrons. The van der Waals surface area contributed by atoms with E-state index in [9.17, 15) is 28.4 Å². The Hall–Kier alpha value is -4.02. The van der Waals surface area contributed by atoms with Gasteiger partial charge >= 0.3 is 0 Å². The highest BCUT2D eigenvalue weighted by atomic mass is 19.1. The largest absolute Gasteiger partial charge is 0.423 e. The third-order valence-electron chi connectivity index (χ3n) is 4.86. The van der Waals surface area contributed by atoms with Crippen LogP contribution in [0, 0.1) is 11.6 Å². The van der Waals surface area contributed by atoms with Crippen molar-refractivity contribution in [1.29, 1.82) is 0 Å². The number of benzene rings is 1. The van der Waals surface area contributed by atoms with Crippen LogP contribution in [-0.2, 0) is 17.8 Å². The fourth-order valence-corrected chi connectivity index (χ4v) is 3.26. The molecule has 1 aromatic carbocycles. The lowest BCUT2D eigenvalue weighted by Crippen LogP contribution is -2.34. The van der Waals surface area contributed by atoms with Crippen LogP contribution >= 0.6 is 0 Å². The summed E-state index contributed by atoms with van der Waals surface area (Å²) in [7, 11) is 0. The summed E-state index contributed by atoms with van der Waals surface area (Å²) in [6, 6.07) is 4.38. The number of hydrogen-bond donors (Lipinski definition) is 4. The molecular weight excluding hydrogens is 436 g/mol. The lowest BCUT2D eigenvalue weighted by atomic mass is 10.1. The van der Waals surface area contributed by atoms with E-state index in [1.165, 1.54) is 12.3 Å². The molecular formula is C22H23F2N5O4. The molecule has 0 atom stereocenters. The van der Waals surface area contributed by atoms with Crippen LogP contribution in [0.3, 0.4) is 0 Å². The second kappa shape index (κ2) is 9.63. The third-order valence-corrected chi connectivity index (χ3v) is 4.86. The van der Waals surface area contributed by atoms with Crippen molar-refractivity contribution in [3.63, 3.8) is 0 Å². The molecule has 2 heterocycles. The molecule has 5 N–H and O–H groups in total. The Bertz CT molecular complexity index is 1290. The highest BCUT2D eigenvalue weighted by molar-refractivity contribution is 6.05. The number of nitrogens with two attached hydrogens (primary N) is 1. The van der Waals surface area contributed by atoms with E-state index in [4.69, 9.17) is 5.73 Å². The normalized spacial score (nSPS) is 11.1. The number of hydrogen-bond acceptors (Lipinski definition) is 6. The van der Waals surface area contributed by atoms with Crippen molar-refractivity contribution in [3.8, 4) is 0 Å². The van der Waals surface area contributed by atoms with E-state index in [1.807, 2.05) is 13.8 Å². The first kappa shape index (κ1) is 23.6. The van der Waals surface area contributed by atoms with Crippen molar-refractivity contribution in [3.05, 3.63) is 69.1 Å². The van der Waals surface area contributed by atoms with Gasteiger partial charge in [-0.15, -0.1) is 4.73 Å². The lowest BCUT2D eigenvalue weighted by molar-refractivity contribution is -0.121. The zero-order chi connectivity index (χ0) is 24.3. The maximum atomic E-state index is 13.8. The van der Waals surface area contributed by atoms with Gasteiger partial charge in [-0.1, -0.05) is 6.07 Å². The SMILES string of the molecule is CC(C)NC(=O)CCc1cnc2c(c1)c(N)c(C(=O)NCc1ccc(F)cc1F)c(=O)n2O. The van der Waals surface area contributed by atoms with Crippen molar-refractivity contribution in [2.75, 3.05) is 5.73 Å². The van der Waals surface area contributed by atoms with Crippen LogP contribution in [-0.4, -0.2) is 32.8 Å². The van der Waals surface area contributed by atoms with Gasteiger partial charge < -0.3 is 21.6 Å². The van der Waals surface area contributed by atoms with Gasteiger partial charge in [0, 0.05) is 42.2 Å². The molecule has 0 bridgehead atoms. The number of carbonyl (C=O) groups is 2. The molecule has 0 saturated carbocycles. The van der Waals surface area contributed by atoms with E-state index in [-0.39, 0.29) is 51.9 Å². The van der Waals surface area contributed by atoms with Crippen LogP contribution in [0.25, 0.3) is 11.0 Å². The molecule has 0 saturated heterocycles. The highest BCUT2D eigenvalue weighted by Gasteiger charge is 2.22. The van der Waals surface area contributed by atoms with Gasteiger partial charge in [0.05, 0.1) is 5.69 Å². The van der Waals surface area contributed by atoms with Crippen LogP contribution in [0.15, 0.2) is 35.3 Å². The van der Waals surface area contributed by atoms with E-state index in [1.54, 1.807) is 0 Å². The fraction of sp³-hybridized carbons (Fsp3) is 0.273. The van der Waals surface area contributed by atoms with E-state index in [2.05, 4.69) is 15.6 Å². The van der Waals surface area contributed by atoms with Crippen LogP contribution in [0.1, 0.15) is 41.8 Å². The number of fused-ring (bicyclic) bond motifs is 1. The summed E-state index contributed by atoms with van der Waals surface area (Å²) in [5.41, 5.74) is 4.63. The number of aryl methyl sites for hydroxylation is 1. The molecule has 9 nitrogen and oxygen atoms in total. The Labute approximate surface area is 187 Å². The summed E-state index contributed by atoms with van der Waals surface area (Å²) in [6.07, 6.45) is 1.89. The number of aromatic nitrogens is 2. The first-order chi connectivity index (χ1) is 15.6. The minimum atomic E-state index is -1.10. The number of pyridine rings is 2. The summed E-state index contributed by atoms with van der Waals surface area (Å²) in [4.78, 5) is 41.1. The molecule has 0 unspecified atom stereocenters. The smallest absolute Gasteiger partial charge is 0.299 e. The van der Waals surface area contributed by atoms with Gasteiger partial charge in [0.15, 0.2) is 5.65 Å². The molecule has 3 rings (SSSR count). The number of nitrogens with zero attached hydrogens (tertiary/aromatic N) is 2. The number of amides is 2. The van der Waals surface area contributed by atoms with Crippen molar-refractivity contribution in [2.45, 2.75) is 39.3 Å². The minimum absolute atomic E-state index is 0.00272. The molecule has 0 aliphatic heterocycles. The average molecular weight is 459 g/mol. The van der Waals surface area contributed by atoms with Crippen LogP contribution < -0.4 is 21.9 Å². The predicted octanol–water partition coefficient (Wildman–Crippen LogP) is 1.88. The van der Waals surface area contributed by atoms with Gasteiger partial charge in [-0.05, 0) is 38.0 Å². The maximum absolute atomic E-state index is 13.8. The zero-order valence-corrected chi connectivity index (χ0v) is 18.0. The van der Waals surface area contributed by atoms with Gasteiger partial charge in [-0.3, -0.25) is 14.4 Å². The van der Waals surface area contributed by atoms with E-state index < -0.39 is 28.7 Å². The number of nitrogens with one attached hydrogen (secondary N) is 2. The number of nitrogen functional groups attached to an aromatic ring is 1. The summed E-state index contributed by atoms with van der Waals surface area (Å²) < 4.78 is 27.1. The van der Waals surface area contributed by atoms with Gasteiger partial charge in [-0.25, -0.2) is 13.8 Å². The van der Waals surface area contributed by atoms with Gasteiger partial charge in [0.25, 0.3) is 11.5 Å². The second-order valence-electron chi connectivity index (χ2n) is 7.76. The van der Waals surface area contributed by atoms with Crippen molar-refractivity contribution in [2.24, 2.45) is 0 Å². The molecule has 0 radical (unpaired) electrons. The van der Waals surface area contributed by atoms with E-state index >= 15 is 0 Å². The molecule has 2 amide bonds. The Morgan fingerprint density at radius 3 is 2.64 bits per heavy atom. The van der Waals surface area contributed by atoms with Crippen LogP contribution in [0.2, 0.25) is 0 Å². The lowest BCUT2D eigenvalue weighted by Gasteiger charge is -2.13. The average Bonchev–Trinajstić information content (AvgIpc) is 2.75. The summed E-state index contributed by atoms with van der Waals surface area (Å²) in [5.74, 6) is -2.74. The summed E-state index contributed by atoms with van der Waals surface area (Å²) in [6.45, 7) is 3.35. The van der Waals surface area contributed by atoms with E-state index in [0.29, 0.717) is 18.1 Å². The highest BCUT2D eigenvalue weighted by Crippen LogP contribution is 2.22. The predicted molar refractivity (Wildman–Crippen MR) is 117 cm³/mol.